The van der Waals surface area contributed by atoms with Crippen molar-refractivity contribution in [3.63, 3.8) is 0 Å². The van der Waals surface area contributed by atoms with Crippen LogP contribution < -0.4 is 0 Å². The van der Waals surface area contributed by atoms with E-state index in [1.807, 2.05) is 6.08 Å². The molecule has 1 aliphatic heterocycles. The number of benzene rings is 1. The number of rotatable bonds is 5. The van der Waals surface area contributed by atoms with Crippen molar-refractivity contribution in [1.29, 1.82) is 0 Å². The molecule has 0 bridgehead atoms. The van der Waals surface area contributed by atoms with E-state index in [0.29, 0.717) is 12.1 Å². The lowest BCUT2D eigenvalue weighted by atomic mass is 9.65. The highest BCUT2D eigenvalue weighted by Gasteiger charge is 2.51. The van der Waals surface area contributed by atoms with E-state index in [2.05, 4.69) is 15.2 Å². The molecule has 1 atom stereocenters. The van der Waals surface area contributed by atoms with Crippen LogP contribution in [-0.2, 0) is 23.5 Å². The molecule has 11 heteroatoms. The topological polar surface area (TPSA) is 103 Å². The number of carbonyl (C=O) groups excluding carboxylic acids is 1. The number of ketones is 1. The van der Waals surface area contributed by atoms with Crippen molar-refractivity contribution in [1.82, 2.24) is 28.9 Å². The molecule has 0 saturated carbocycles. The number of pyridine rings is 1. The maximum absolute atomic E-state index is 14.1. The number of hydrogen-bond donors (Lipinski definition) is 0. The molecule has 0 amide bonds. The lowest BCUT2D eigenvalue weighted by Crippen LogP contribution is -2.53. The molecule has 188 valence electrons. The summed E-state index contributed by atoms with van der Waals surface area (Å²) in [6.45, 7) is 0.201. The van der Waals surface area contributed by atoms with Crippen molar-refractivity contribution in [2.24, 2.45) is 12.5 Å². The molecular weight excluding hydrogens is 495 g/mol. The fraction of sp³-hybridized carbons (Fsp3) is 0.231. The van der Waals surface area contributed by atoms with Crippen LogP contribution in [0.3, 0.4) is 0 Å². The molecule has 0 unspecified atom stereocenters. The first-order valence-corrected chi connectivity index (χ1v) is 13.2. The third-order valence-electron chi connectivity index (χ3n) is 7.10. The van der Waals surface area contributed by atoms with Crippen LogP contribution in [0.4, 0.5) is 4.39 Å². The number of fused-ring (bicyclic) bond motifs is 2. The van der Waals surface area contributed by atoms with E-state index < -0.39 is 15.4 Å². The fourth-order valence-electron chi connectivity index (χ4n) is 5.23. The first-order chi connectivity index (χ1) is 17.8. The van der Waals surface area contributed by atoms with Crippen molar-refractivity contribution in [3.05, 3.63) is 95.6 Å². The minimum Gasteiger partial charge on any atom is -0.291 e. The summed E-state index contributed by atoms with van der Waals surface area (Å²) in [4.78, 5) is 18.5. The summed E-state index contributed by atoms with van der Waals surface area (Å²) in [6.07, 6.45) is 8.59. The van der Waals surface area contributed by atoms with Crippen LogP contribution in [0.15, 0.2) is 77.7 Å². The maximum Gasteiger partial charge on any atom is 0.246 e. The van der Waals surface area contributed by atoms with Gasteiger partial charge in [0.2, 0.25) is 10.0 Å². The summed E-state index contributed by atoms with van der Waals surface area (Å²) in [6, 6.07) is 11.2. The van der Waals surface area contributed by atoms with E-state index in [9.17, 15) is 17.6 Å². The second-order valence-electron chi connectivity index (χ2n) is 9.35. The standard InChI is InChI=1S/C26H23FN6O3S/c1-31-16-22(15-29-31)37(35,36)32-11-9-19-12-24-18(14-30-33(24)21-7-5-20(27)6-8-21)13-26(19,17-32)25(34)23-4-2-3-10-28-23/h2-8,10,12,14-16H,9,11,13,17H2,1H3/t26-/m0/s1. The van der Waals surface area contributed by atoms with Gasteiger partial charge in [0, 0.05) is 32.5 Å². The summed E-state index contributed by atoms with van der Waals surface area (Å²) in [5, 5.41) is 8.53. The van der Waals surface area contributed by atoms with Gasteiger partial charge in [0.15, 0.2) is 5.78 Å². The molecular formula is C26H23FN6O3S. The highest BCUT2D eigenvalue weighted by atomic mass is 32.2. The normalized spacial score (nSPS) is 19.7. The number of Topliss-reactive ketones (excluding diaryl/α,β-unsaturated/α-hetero) is 1. The molecule has 6 rings (SSSR count). The van der Waals surface area contributed by atoms with Gasteiger partial charge in [-0.05, 0) is 60.9 Å². The fourth-order valence-corrected chi connectivity index (χ4v) is 6.72. The molecule has 1 saturated heterocycles. The molecule has 37 heavy (non-hydrogen) atoms. The highest BCUT2D eigenvalue weighted by Crippen LogP contribution is 2.47. The van der Waals surface area contributed by atoms with Gasteiger partial charge < -0.3 is 0 Å². The van der Waals surface area contributed by atoms with Crippen LogP contribution in [0, 0.1) is 11.2 Å². The van der Waals surface area contributed by atoms with Gasteiger partial charge in [-0.1, -0.05) is 11.6 Å². The number of sulfonamides is 1. The van der Waals surface area contributed by atoms with Gasteiger partial charge in [-0.3, -0.25) is 14.5 Å². The number of aryl methyl sites for hydroxylation is 1. The average molecular weight is 519 g/mol. The highest BCUT2D eigenvalue weighted by molar-refractivity contribution is 7.89. The monoisotopic (exact) mass is 518 g/mol. The molecule has 1 aliphatic carbocycles. The molecule has 0 N–H and O–H groups in total. The van der Waals surface area contributed by atoms with Crippen LogP contribution >= 0.6 is 0 Å². The molecule has 1 aromatic carbocycles. The van der Waals surface area contributed by atoms with E-state index in [1.165, 1.54) is 33.5 Å². The maximum atomic E-state index is 14.1. The molecule has 3 aromatic heterocycles. The Balaban J connectivity index is 1.45. The third-order valence-corrected chi connectivity index (χ3v) is 8.90. The molecule has 0 radical (unpaired) electrons. The minimum absolute atomic E-state index is 0.0212. The molecule has 4 heterocycles. The predicted molar refractivity (Wildman–Crippen MR) is 133 cm³/mol. The van der Waals surface area contributed by atoms with E-state index in [1.54, 1.807) is 54.5 Å². The van der Waals surface area contributed by atoms with Gasteiger partial charge in [0.25, 0.3) is 0 Å². The number of aromatic nitrogens is 5. The second kappa shape index (κ2) is 8.56. The van der Waals surface area contributed by atoms with Gasteiger partial charge in [0.05, 0.1) is 29.2 Å². The summed E-state index contributed by atoms with van der Waals surface area (Å²) in [7, 11) is -2.21. The predicted octanol–water partition coefficient (Wildman–Crippen LogP) is 3.04. The third kappa shape index (κ3) is 3.82. The van der Waals surface area contributed by atoms with E-state index in [4.69, 9.17) is 0 Å². The van der Waals surface area contributed by atoms with Crippen molar-refractivity contribution < 1.29 is 17.6 Å². The van der Waals surface area contributed by atoms with Crippen molar-refractivity contribution >= 4 is 21.9 Å². The minimum atomic E-state index is -3.87. The number of halogens is 1. The molecule has 2 aliphatic rings. The van der Waals surface area contributed by atoms with Crippen LogP contribution in [-0.4, -0.2) is 56.1 Å². The zero-order valence-corrected chi connectivity index (χ0v) is 20.8. The first kappa shape index (κ1) is 23.4. The Kier molecular flexibility index (Phi) is 5.42. The Morgan fingerprint density at radius 1 is 1.08 bits per heavy atom. The lowest BCUT2D eigenvalue weighted by molar-refractivity contribution is 0.0770. The summed E-state index contributed by atoms with van der Waals surface area (Å²) in [5.41, 5.74) is 2.28. The average Bonchev–Trinajstić information content (AvgIpc) is 3.53. The van der Waals surface area contributed by atoms with Crippen LogP contribution in [0.5, 0.6) is 0 Å². The zero-order chi connectivity index (χ0) is 25.8. The van der Waals surface area contributed by atoms with Gasteiger partial charge in [-0.2, -0.15) is 14.5 Å². The van der Waals surface area contributed by atoms with E-state index >= 15 is 0 Å². The van der Waals surface area contributed by atoms with Crippen LogP contribution in [0.25, 0.3) is 11.8 Å². The quantitative estimate of drug-likeness (QED) is 0.376. The number of hydrogen-bond acceptors (Lipinski definition) is 6. The van der Waals surface area contributed by atoms with Crippen LogP contribution in [0.1, 0.15) is 28.2 Å². The second-order valence-corrected chi connectivity index (χ2v) is 11.3. The number of carbonyl (C=O) groups is 1. The SMILES string of the molecule is Cn1cc(S(=O)(=O)N2CCC3=Cc4c(cnn4-c4ccc(F)cc4)C[C@]3(C(=O)c3ccccn3)C2)cn1. The van der Waals surface area contributed by atoms with Gasteiger partial charge in [-0.15, -0.1) is 0 Å². The van der Waals surface area contributed by atoms with Crippen molar-refractivity contribution in [2.75, 3.05) is 13.1 Å². The van der Waals surface area contributed by atoms with Gasteiger partial charge in [0.1, 0.15) is 16.4 Å². The van der Waals surface area contributed by atoms with Crippen molar-refractivity contribution in [2.45, 2.75) is 17.7 Å². The summed E-state index contributed by atoms with van der Waals surface area (Å²) >= 11 is 0. The lowest BCUT2D eigenvalue weighted by Gasteiger charge is -2.44. The Labute approximate surface area is 212 Å². The van der Waals surface area contributed by atoms with E-state index in [0.717, 1.165) is 16.8 Å². The Hall–Kier alpha value is -3.96. The first-order valence-electron chi connectivity index (χ1n) is 11.8. The Morgan fingerprint density at radius 2 is 1.89 bits per heavy atom. The Bertz CT molecular complexity index is 1640. The Morgan fingerprint density at radius 3 is 2.59 bits per heavy atom. The van der Waals surface area contributed by atoms with Crippen molar-refractivity contribution in [3.8, 4) is 5.69 Å². The van der Waals surface area contributed by atoms with Crippen LogP contribution in [0.2, 0.25) is 0 Å². The molecule has 0 spiro atoms. The van der Waals surface area contributed by atoms with Gasteiger partial charge in [-0.25, -0.2) is 17.5 Å². The van der Waals surface area contributed by atoms with Gasteiger partial charge >= 0.3 is 0 Å². The molecule has 4 aromatic rings. The largest absolute Gasteiger partial charge is 0.291 e. The van der Waals surface area contributed by atoms with E-state index in [-0.39, 0.29) is 41.7 Å². The summed E-state index contributed by atoms with van der Waals surface area (Å²) in [5.74, 6) is -0.573. The number of piperidine rings is 1. The zero-order valence-electron chi connectivity index (χ0n) is 20.0. The molecule has 1 fully saturated rings. The molecule has 9 nitrogen and oxygen atoms in total. The summed E-state index contributed by atoms with van der Waals surface area (Å²) < 4.78 is 45.1. The smallest absolute Gasteiger partial charge is 0.246 e. The number of nitrogens with zero attached hydrogens (tertiary/aromatic N) is 6.